The second-order valence-corrected chi connectivity index (χ2v) is 15.7. The maximum atomic E-state index is 5.33. The van der Waals surface area contributed by atoms with Gasteiger partial charge in [-0.15, -0.1) is 11.3 Å². The minimum atomic E-state index is 0.896. The van der Waals surface area contributed by atoms with Gasteiger partial charge in [-0.3, -0.25) is 9.55 Å². The van der Waals surface area contributed by atoms with Gasteiger partial charge in [-0.2, -0.15) is 0 Å². The molecule has 0 spiro atoms. The van der Waals surface area contributed by atoms with Crippen LogP contribution < -0.4 is 0 Å². The number of para-hydroxylation sites is 2. The fourth-order valence-electron chi connectivity index (χ4n) is 8.74. The van der Waals surface area contributed by atoms with Crippen molar-refractivity contribution in [3.05, 3.63) is 194 Å². The van der Waals surface area contributed by atoms with Crippen molar-refractivity contribution < 1.29 is 0 Å². The Morgan fingerprint density at radius 2 is 0.982 bits per heavy atom. The molecule has 266 valence electrons. The third-order valence-electron chi connectivity index (χ3n) is 11.4. The van der Waals surface area contributed by atoms with Crippen molar-refractivity contribution in [2.45, 2.75) is 0 Å². The smallest absolute Gasteiger partial charge is 0.138 e. The molecule has 0 atom stereocenters. The average molecular weight is 745 g/mol. The molecule has 0 unspecified atom stereocenters. The first-order valence-corrected chi connectivity index (χ1v) is 20.0. The summed E-state index contributed by atoms with van der Waals surface area (Å²) in [4.78, 5) is 10.1. The van der Waals surface area contributed by atoms with Crippen LogP contribution in [0.4, 0.5) is 0 Å². The number of thiophene rings is 1. The van der Waals surface area contributed by atoms with Gasteiger partial charge in [-0.1, -0.05) is 109 Å². The number of hydrogen-bond acceptors (Lipinski definition) is 3. The Bertz CT molecular complexity index is 3460. The van der Waals surface area contributed by atoms with Crippen molar-refractivity contribution in [1.82, 2.24) is 19.1 Å². The van der Waals surface area contributed by atoms with Gasteiger partial charge in [0, 0.05) is 49.1 Å². The van der Waals surface area contributed by atoms with Crippen molar-refractivity contribution in [2.75, 3.05) is 0 Å². The minimum absolute atomic E-state index is 0.896. The van der Waals surface area contributed by atoms with Crippen LogP contribution in [-0.4, -0.2) is 19.1 Å². The number of hydrogen-bond donors (Lipinski definition) is 0. The Morgan fingerprint density at radius 3 is 1.70 bits per heavy atom. The van der Waals surface area contributed by atoms with Crippen LogP contribution in [0.25, 0.3) is 109 Å². The molecule has 5 aromatic heterocycles. The normalized spacial score (nSPS) is 11.9. The molecule has 7 aromatic carbocycles. The lowest BCUT2D eigenvalue weighted by atomic mass is 10.0. The molecule has 0 aliphatic heterocycles. The largest absolute Gasteiger partial charge is 0.309 e. The van der Waals surface area contributed by atoms with Crippen LogP contribution in [0.3, 0.4) is 0 Å². The first-order chi connectivity index (χ1) is 28.2. The fraction of sp³-hybridized carbons (Fsp3) is 0. The van der Waals surface area contributed by atoms with E-state index in [4.69, 9.17) is 9.97 Å². The molecule has 0 saturated heterocycles. The highest BCUT2D eigenvalue weighted by Gasteiger charge is 2.18. The van der Waals surface area contributed by atoms with E-state index in [1.807, 2.05) is 12.3 Å². The monoisotopic (exact) mass is 744 g/mol. The lowest BCUT2D eigenvalue weighted by molar-refractivity contribution is 1.08. The molecule has 0 fully saturated rings. The maximum Gasteiger partial charge on any atom is 0.138 e. The molecule has 0 bridgehead atoms. The van der Waals surface area contributed by atoms with Gasteiger partial charge in [0.05, 0.1) is 38.0 Å². The van der Waals surface area contributed by atoms with E-state index in [1.165, 1.54) is 58.5 Å². The zero-order valence-corrected chi connectivity index (χ0v) is 31.5. The van der Waals surface area contributed by atoms with Gasteiger partial charge in [0.15, 0.2) is 0 Å². The maximum absolute atomic E-state index is 5.33. The molecule has 4 nitrogen and oxygen atoms in total. The van der Waals surface area contributed by atoms with E-state index in [-0.39, 0.29) is 0 Å². The van der Waals surface area contributed by atoms with E-state index in [0.29, 0.717) is 0 Å². The predicted molar refractivity (Wildman–Crippen MR) is 240 cm³/mol. The number of benzene rings is 7. The summed E-state index contributed by atoms with van der Waals surface area (Å²) in [6.07, 6.45) is 1.89. The molecular weight excluding hydrogens is 713 g/mol. The summed E-state index contributed by atoms with van der Waals surface area (Å²) in [6, 6.07) is 67.7. The lowest BCUT2D eigenvalue weighted by Gasteiger charge is -2.13. The van der Waals surface area contributed by atoms with Crippen LogP contribution in [0, 0.1) is 0 Å². The highest BCUT2D eigenvalue weighted by atomic mass is 32.1. The zero-order valence-electron chi connectivity index (χ0n) is 30.7. The number of fused-ring (bicyclic) bond motifs is 9. The third kappa shape index (κ3) is 5.06. The molecule has 0 radical (unpaired) electrons. The molecule has 0 aliphatic rings. The minimum Gasteiger partial charge on any atom is -0.309 e. The predicted octanol–water partition coefficient (Wildman–Crippen LogP) is 14.0. The summed E-state index contributed by atoms with van der Waals surface area (Å²) in [5.41, 5.74) is 13.5. The van der Waals surface area contributed by atoms with Crippen LogP contribution in [0.15, 0.2) is 194 Å². The van der Waals surface area contributed by atoms with Gasteiger partial charge in [0.25, 0.3) is 0 Å². The highest BCUT2D eigenvalue weighted by molar-refractivity contribution is 7.25. The van der Waals surface area contributed by atoms with Crippen molar-refractivity contribution in [3.8, 4) is 45.0 Å². The lowest BCUT2D eigenvalue weighted by Crippen LogP contribution is -2.00. The quantitative estimate of drug-likeness (QED) is 0.176. The summed E-state index contributed by atoms with van der Waals surface area (Å²) in [5.74, 6) is 0.896. The van der Waals surface area contributed by atoms with Gasteiger partial charge in [-0.05, 0) is 101 Å². The first-order valence-electron chi connectivity index (χ1n) is 19.2. The molecule has 5 heterocycles. The zero-order chi connectivity index (χ0) is 37.5. The van der Waals surface area contributed by atoms with E-state index in [9.17, 15) is 0 Å². The number of rotatable bonds is 5. The van der Waals surface area contributed by atoms with Crippen LogP contribution in [-0.2, 0) is 0 Å². The fourth-order valence-corrected chi connectivity index (χ4v) is 9.78. The molecule has 0 N–H and O–H groups in total. The van der Waals surface area contributed by atoms with Gasteiger partial charge < -0.3 is 4.57 Å². The second-order valence-electron chi connectivity index (χ2n) is 14.6. The molecule has 0 amide bonds. The summed E-state index contributed by atoms with van der Waals surface area (Å²) in [6.45, 7) is 0. The van der Waals surface area contributed by atoms with Crippen LogP contribution in [0.2, 0.25) is 0 Å². The molecule has 57 heavy (non-hydrogen) atoms. The van der Waals surface area contributed by atoms with Crippen LogP contribution in [0.1, 0.15) is 0 Å². The Balaban J connectivity index is 1.03. The van der Waals surface area contributed by atoms with Gasteiger partial charge in [-0.25, -0.2) is 4.98 Å². The molecular formula is C52H32N4S. The molecule has 5 heteroatoms. The Kier molecular flexibility index (Phi) is 7.06. The van der Waals surface area contributed by atoms with Crippen molar-refractivity contribution >= 4 is 75.3 Å². The first kappa shape index (κ1) is 32.0. The molecule has 0 aliphatic carbocycles. The average Bonchev–Trinajstić information content (AvgIpc) is 3.94. The SMILES string of the molecule is c1ccc(-c2cc(-c3ccccc3)nc(-n3c4ccccc4c4cc(-c5ccc6c(c5)c5ccccc5n6-c5ccc6sc7cccnc7c6c5)ccc43)c2)cc1. The molecule has 12 aromatic rings. The van der Waals surface area contributed by atoms with Gasteiger partial charge in [0.2, 0.25) is 0 Å². The standard InChI is InChI=1S/C52H32N4S/c1-3-12-33(13-4-1)37-30-44(34-14-5-2-6-15-34)54-51(31-37)56-46-19-10-8-17-40(46)42-29-36(22-25-48(42)56)35-21-24-47-41(28-35)39-16-7-9-18-45(39)55(47)38-23-26-49-43(32-38)52-50(57-49)20-11-27-53-52/h1-32H. The molecule has 0 saturated carbocycles. The van der Waals surface area contributed by atoms with E-state index in [0.717, 1.165) is 50.4 Å². The second kappa shape index (κ2) is 12.6. The molecule has 12 rings (SSSR count). The highest BCUT2D eigenvalue weighted by Crippen LogP contribution is 2.40. The summed E-state index contributed by atoms with van der Waals surface area (Å²) < 4.78 is 7.19. The van der Waals surface area contributed by atoms with Crippen molar-refractivity contribution in [3.63, 3.8) is 0 Å². The summed E-state index contributed by atoms with van der Waals surface area (Å²) >= 11 is 1.80. The van der Waals surface area contributed by atoms with E-state index in [1.54, 1.807) is 11.3 Å². The van der Waals surface area contributed by atoms with Gasteiger partial charge in [0.1, 0.15) is 5.82 Å². The van der Waals surface area contributed by atoms with Crippen molar-refractivity contribution in [1.29, 1.82) is 0 Å². The Morgan fingerprint density at radius 1 is 0.368 bits per heavy atom. The van der Waals surface area contributed by atoms with E-state index in [2.05, 4.69) is 191 Å². The Hall–Kier alpha value is -7.34. The van der Waals surface area contributed by atoms with E-state index >= 15 is 0 Å². The Labute approximate surface area is 332 Å². The summed E-state index contributed by atoms with van der Waals surface area (Å²) in [7, 11) is 0. The van der Waals surface area contributed by atoms with E-state index < -0.39 is 0 Å². The van der Waals surface area contributed by atoms with Crippen LogP contribution >= 0.6 is 11.3 Å². The van der Waals surface area contributed by atoms with Crippen molar-refractivity contribution in [2.24, 2.45) is 0 Å². The number of nitrogens with zero attached hydrogens (tertiary/aromatic N) is 4. The number of pyridine rings is 2. The summed E-state index contributed by atoms with van der Waals surface area (Å²) in [5, 5.41) is 6.06. The third-order valence-corrected chi connectivity index (χ3v) is 12.5. The topological polar surface area (TPSA) is 35.6 Å². The van der Waals surface area contributed by atoms with Gasteiger partial charge >= 0.3 is 0 Å². The van der Waals surface area contributed by atoms with Crippen LogP contribution in [0.5, 0.6) is 0 Å². The number of aromatic nitrogens is 4.